The van der Waals surface area contributed by atoms with E-state index >= 15 is 0 Å². The van der Waals surface area contributed by atoms with Gasteiger partial charge >= 0.3 is 0 Å². The Balaban J connectivity index is 1.84. The molecule has 3 rings (SSSR count). The van der Waals surface area contributed by atoms with Crippen molar-refractivity contribution in [1.29, 1.82) is 0 Å². The van der Waals surface area contributed by atoms with Crippen molar-refractivity contribution in [3.63, 3.8) is 0 Å². The maximum absolute atomic E-state index is 12.9. The van der Waals surface area contributed by atoms with E-state index in [1.165, 1.54) is 12.2 Å². The molecule has 2 amide bonds. The maximum Gasteiger partial charge on any atom is 0.267 e. The molecule has 1 heterocycles. The standard InChI is InChI=1S/C22H24ClN3O3/c1-14(22(28)26(2)29-3)19(11-15-7-5-4-6-8-15)25-21(27)20-13-16-12-17(23)9-10-18(16)24-20/h4-10,12-14,19,24H,11H2,1-3H3,(H,25,27)/t14-,19+/m1/s1. The van der Waals surface area contributed by atoms with E-state index in [1.807, 2.05) is 36.4 Å². The van der Waals surface area contributed by atoms with E-state index < -0.39 is 12.0 Å². The van der Waals surface area contributed by atoms with Gasteiger partial charge in [-0.25, -0.2) is 5.06 Å². The van der Waals surface area contributed by atoms with Gasteiger partial charge in [0.2, 0.25) is 0 Å². The molecule has 2 N–H and O–H groups in total. The van der Waals surface area contributed by atoms with Crippen LogP contribution in [-0.4, -0.2) is 42.1 Å². The number of carbonyl (C=O) groups is 2. The molecule has 2 aromatic carbocycles. The number of halogens is 1. The number of hydrogen-bond donors (Lipinski definition) is 2. The van der Waals surface area contributed by atoms with Crippen LogP contribution >= 0.6 is 11.6 Å². The van der Waals surface area contributed by atoms with E-state index in [2.05, 4.69) is 10.3 Å². The van der Waals surface area contributed by atoms with Crippen LogP contribution in [0.15, 0.2) is 54.6 Å². The lowest BCUT2D eigenvalue weighted by Gasteiger charge is -2.27. The molecule has 6 nitrogen and oxygen atoms in total. The average Bonchev–Trinajstić information content (AvgIpc) is 3.15. The largest absolute Gasteiger partial charge is 0.351 e. The molecule has 2 atom stereocenters. The van der Waals surface area contributed by atoms with Gasteiger partial charge in [0.05, 0.1) is 13.0 Å². The zero-order valence-corrected chi connectivity index (χ0v) is 17.4. The highest BCUT2D eigenvalue weighted by molar-refractivity contribution is 6.31. The van der Waals surface area contributed by atoms with Crippen LogP contribution in [0.2, 0.25) is 5.02 Å². The minimum absolute atomic E-state index is 0.211. The van der Waals surface area contributed by atoms with Gasteiger partial charge in [-0.1, -0.05) is 48.9 Å². The highest BCUT2D eigenvalue weighted by Crippen LogP contribution is 2.21. The van der Waals surface area contributed by atoms with Crippen LogP contribution < -0.4 is 5.32 Å². The lowest BCUT2D eigenvalue weighted by Crippen LogP contribution is -2.47. The average molecular weight is 414 g/mol. The van der Waals surface area contributed by atoms with Crippen molar-refractivity contribution in [2.45, 2.75) is 19.4 Å². The molecule has 152 valence electrons. The number of nitrogens with zero attached hydrogens (tertiary/aromatic N) is 1. The van der Waals surface area contributed by atoms with Crippen molar-refractivity contribution < 1.29 is 14.4 Å². The van der Waals surface area contributed by atoms with Gasteiger partial charge < -0.3 is 10.3 Å². The molecule has 0 spiro atoms. The zero-order valence-electron chi connectivity index (χ0n) is 16.6. The third-order valence-corrected chi connectivity index (χ3v) is 5.25. The minimum atomic E-state index is -0.483. The molecule has 0 unspecified atom stereocenters. The maximum atomic E-state index is 12.9. The van der Waals surface area contributed by atoms with E-state index in [1.54, 1.807) is 32.2 Å². The van der Waals surface area contributed by atoms with Gasteiger partial charge in [-0.2, -0.15) is 0 Å². The summed E-state index contributed by atoms with van der Waals surface area (Å²) in [6.45, 7) is 1.79. The first kappa shape index (κ1) is 20.9. The molecule has 0 aliphatic carbocycles. The van der Waals surface area contributed by atoms with Crippen LogP contribution in [0.3, 0.4) is 0 Å². The molecule has 0 bridgehead atoms. The Kier molecular flexibility index (Phi) is 6.56. The molecule has 7 heteroatoms. The van der Waals surface area contributed by atoms with Crippen molar-refractivity contribution in [3.05, 3.63) is 70.9 Å². The molecule has 0 saturated heterocycles. The summed E-state index contributed by atoms with van der Waals surface area (Å²) in [4.78, 5) is 33.7. The van der Waals surface area contributed by atoms with E-state index in [4.69, 9.17) is 16.4 Å². The Bertz CT molecular complexity index is 1000. The van der Waals surface area contributed by atoms with Gasteiger partial charge in [-0.3, -0.25) is 14.4 Å². The lowest BCUT2D eigenvalue weighted by atomic mass is 9.94. The highest BCUT2D eigenvalue weighted by atomic mass is 35.5. The summed E-state index contributed by atoms with van der Waals surface area (Å²) >= 11 is 6.03. The summed E-state index contributed by atoms with van der Waals surface area (Å²) in [7, 11) is 2.99. The first-order valence-corrected chi connectivity index (χ1v) is 9.71. The second-order valence-electron chi connectivity index (χ2n) is 6.99. The molecule has 0 radical (unpaired) electrons. The van der Waals surface area contributed by atoms with Crippen LogP contribution in [0.4, 0.5) is 0 Å². The summed E-state index contributed by atoms with van der Waals surface area (Å²) in [6.07, 6.45) is 0.517. The fourth-order valence-corrected chi connectivity index (χ4v) is 3.42. The number of amides is 2. The Morgan fingerprint density at radius 2 is 1.90 bits per heavy atom. The molecule has 0 saturated carbocycles. The van der Waals surface area contributed by atoms with E-state index in [-0.39, 0.29) is 11.8 Å². The van der Waals surface area contributed by atoms with Crippen molar-refractivity contribution >= 4 is 34.3 Å². The van der Waals surface area contributed by atoms with Crippen molar-refractivity contribution in [1.82, 2.24) is 15.4 Å². The molecule has 3 aromatic rings. The molecule has 0 fully saturated rings. The number of hydroxylamine groups is 2. The molecule has 0 aliphatic rings. The predicted octanol–water partition coefficient (Wildman–Crippen LogP) is 3.82. The van der Waals surface area contributed by atoms with Crippen LogP contribution in [0, 0.1) is 5.92 Å². The fraction of sp³-hybridized carbons (Fsp3) is 0.273. The quantitative estimate of drug-likeness (QED) is 0.578. The van der Waals surface area contributed by atoms with Crippen molar-refractivity contribution in [2.24, 2.45) is 5.92 Å². The van der Waals surface area contributed by atoms with Crippen molar-refractivity contribution in [3.8, 4) is 0 Å². The fourth-order valence-electron chi connectivity index (χ4n) is 3.24. The number of aromatic nitrogens is 1. The van der Waals surface area contributed by atoms with Crippen LogP contribution in [0.1, 0.15) is 23.0 Å². The zero-order chi connectivity index (χ0) is 21.0. The highest BCUT2D eigenvalue weighted by Gasteiger charge is 2.29. The van der Waals surface area contributed by atoms with Gasteiger partial charge in [0.1, 0.15) is 5.69 Å². The van der Waals surface area contributed by atoms with E-state index in [0.29, 0.717) is 17.1 Å². The number of benzene rings is 2. The SMILES string of the molecule is CON(C)C(=O)[C@H](C)[C@H](Cc1ccccc1)NC(=O)c1cc2cc(Cl)ccc2[nH]1. The van der Waals surface area contributed by atoms with E-state index in [9.17, 15) is 9.59 Å². The minimum Gasteiger partial charge on any atom is -0.351 e. The second kappa shape index (κ2) is 9.11. The number of carbonyl (C=O) groups excluding carboxylic acids is 2. The molecule has 1 aromatic heterocycles. The Morgan fingerprint density at radius 3 is 2.59 bits per heavy atom. The number of rotatable bonds is 7. The Hall–Kier alpha value is -2.83. The van der Waals surface area contributed by atoms with Crippen LogP contribution in [0.5, 0.6) is 0 Å². The smallest absolute Gasteiger partial charge is 0.267 e. The molecular weight excluding hydrogens is 390 g/mol. The first-order chi connectivity index (χ1) is 13.9. The third kappa shape index (κ3) is 4.96. The van der Waals surface area contributed by atoms with Gasteiger partial charge in [0, 0.05) is 29.0 Å². The second-order valence-corrected chi connectivity index (χ2v) is 7.43. The summed E-state index contributed by atoms with van der Waals surface area (Å²) in [5, 5.41) is 5.65. The summed E-state index contributed by atoms with van der Waals surface area (Å²) in [6, 6.07) is 16.5. The lowest BCUT2D eigenvalue weighted by molar-refractivity contribution is -0.173. The van der Waals surface area contributed by atoms with Crippen LogP contribution in [0.25, 0.3) is 10.9 Å². The Labute approximate surface area is 174 Å². The molecule has 0 aliphatic heterocycles. The summed E-state index contributed by atoms with van der Waals surface area (Å²) in [5.41, 5.74) is 2.27. The number of hydrogen-bond acceptors (Lipinski definition) is 3. The number of fused-ring (bicyclic) bond motifs is 1. The topological polar surface area (TPSA) is 74.4 Å². The predicted molar refractivity (Wildman–Crippen MR) is 114 cm³/mol. The van der Waals surface area contributed by atoms with Gasteiger partial charge in [-0.05, 0) is 36.2 Å². The molecular formula is C22H24ClN3O3. The summed E-state index contributed by atoms with van der Waals surface area (Å²) in [5.74, 6) is -0.974. The van der Waals surface area contributed by atoms with Crippen LogP contribution in [-0.2, 0) is 16.1 Å². The van der Waals surface area contributed by atoms with Gasteiger partial charge in [0.25, 0.3) is 11.8 Å². The van der Waals surface area contributed by atoms with E-state index in [0.717, 1.165) is 16.5 Å². The summed E-state index contributed by atoms with van der Waals surface area (Å²) < 4.78 is 0. The van der Waals surface area contributed by atoms with Gasteiger partial charge in [-0.15, -0.1) is 0 Å². The first-order valence-electron chi connectivity index (χ1n) is 9.33. The normalized spacial score (nSPS) is 13.1. The number of aromatic amines is 1. The monoisotopic (exact) mass is 413 g/mol. The third-order valence-electron chi connectivity index (χ3n) is 5.02. The number of H-pyrrole nitrogens is 1. The Morgan fingerprint density at radius 1 is 1.17 bits per heavy atom. The van der Waals surface area contributed by atoms with Crippen molar-refractivity contribution in [2.75, 3.05) is 14.2 Å². The molecule has 29 heavy (non-hydrogen) atoms. The number of nitrogens with one attached hydrogen (secondary N) is 2. The van der Waals surface area contributed by atoms with Gasteiger partial charge in [0.15, 0.2) is 0 Å².